The average Bonchev–Trinajstić information content (AvgIpc) is 3.29. The molecular weight excluding hydrogens is 793 g/mol. The Balaban J connectivity index is 4.54. The van der Waals surface area contributed by atoms with E-state index in [0.717, 1.165) is 135 Å². The summed E-state index contributed by atoms with van der Waals surface area (Å²) in [6, 6.07) is 0. The van der Waals surface area contributed by atoms with Crippen molar-refractivity contribution in [3.05, 3.63) is 134 Å². The average molecular weight is 883 g/mol. The highest BCUT2D eigenvalue weighted by Gasteiger charge is 2.19. The highest BCUT2D eigenvalue weighted by atomic mass is 16.6. The van der Waals surface area contributed by atoms with Crippen LogP contribution in [-0.2, 0) is 28.6 Å². The molecule has 0 rings (SSSR count). The molecule has 0 fully saturated rings. The normalized spacial score (nSPS) is 13.2. The van der Waals surface area contributed by atoms with Gasteiger partial charge in [-0.1, -0.05) is 187 Å². The number of unbranched alkanes of at least 4 members (excludes halogenated alkanes) is 11. The Morgan fingerprint density at radius 1 is 0.344 bits per heavy atom. The van der Waals surface area contributed by atoms with Crippen molar-refractivity contribution in [1.82, 2.24) is 0 Å². The zero-order valence-corrected chi connectivity index (χ0v) is 40.7. The first-order valence-electron chi connectivity index (χ1n) is 25.2. The van der Waals surface area contributed by atoms with Gasteiger partial charge in [-0.05, 0) is 122 Å². The molecule has 6 heteroatoms. The summed E-state index contributed by atoms with van der Waals surface area (Å²) in [6.45, 7) is 6.25. The molecule has 0 spiro atoms. The molecule has 0 aliphatic carbocycles. The van der Waals surface area contributed by atoms with Crippen molar-refractivity contribution < 1.29 is 28.6 Å². The summed E-state index contributed by atoms with van der Waals surface area (Å²) in [7, 11) is 0. The van der Waals surface area contributed by atoms with Gasteiger partial charge in [0.25, 0.3) is 0 Å². The zero-order valence-electron chi connectivity index (χ0n) is 40.7. The van der Waals surface area contributed by atoms with Crippen LogP contribution < -0.4 is 0 Å². The monoisotopic (exact) mass is 883 g/mol. The van der Waals surface area contributed by atoms with E-state index in [1.165, 1.54) is 12.8 Å². The molecule has 0 N–H and O–H groups in total. The zero-order chi connectivity index (χ0) is 46.5. The molecule has 1 atom stereocenters. The van der Waals surface area contributed by atoms with Gasteiger partial charge in [-0.3, -0.25) is 14.4 Å². The van der Waals surface area contributed by atoms with E-state index in [2.05, 4.69) is 154 Å². The van der Waals surface area contributed by atoms with Crippen molar-refractivity contribution in [2.45, 2.75) is 200 Å². The van der Waals surface area contributed by atoms with Gasteiger partial charge in [-0.25, -0.2) is 0 Å². The lowest BCUT2D eigenvalue weighted by Crippen LogP contribution is -2.30. The lowest BCUT2D eigenvalue weighted by Gasteiger charge is -2.18. The standard InChI is InChI=1S/C58H90O6/c1-4-7-10-13-16-19-22-24-26-28-29-30-32-33-36-39-42-45-48-51-57(60)63-54-55(53-62-56(59)50-47-44-41-38-35-21-18-15-12-9-6-3)64-58(61)52-49-46-43-40-37-34-31-27-25-23-20-17-14-11-8-5-2/h7-8,10-11,15-21,24-27,29-30,33-37,55H,4-6,9,12-14,22-23,28,31-32,38-54H2,1-3H3/b10-7-,11-8-,18-15-,19-16-,20-17-,26-24-,27-25-,30-29-,35-21-,36-33-,37-34-. The third kappa shape index (κ3) is 48.6. The Morgan fingerprint density at radius 2 is 0.656 bits per heavy atom. The molecule has 358 valence electrons. The predicted octanol–water partition coefficient (Wildman–Crippen LogP) is 16.7. The maximum Gasteiger partial charge on any atom is 0.306 e. The lowest BCUT2D eigenvalue weighted by molar-refractivity contribution is -0.167. The predicted molar refractivity (Wildman–Crippen MR) is 274 cm³/mol. The quantitative estimate of drug-likeness (QED) is 0.0200. The summed E-state index contributed by atoms with van der Waals surface area (Å²) in [5, 5.41) is 0. The van der Waals surface area contributed by atoms with Crippen LogP contribution >= 0.6 is 0 Å². The number of ether oxygens (including phenoxy) is 3. The second-order valence-electron chi connectivity index (χ2n) is 16.0. The first-order valence-corrected chi connectivity index (χ1v) is 25.2. The van der Waals surface area contributed by atoms with Crippen LogP contribution in [0.4, 0.5) is 0 Å². The number of rotatable bonds is 43. The highest BCUT2D eigenvalue weighted by Crippen LogP contribution is 2.11. The van der Waals surface area contributed by atoms with Crippen molar-refractivity contribution in [2.75, 3.05) is 13.2 Å². The van der Waals surface area contributed by atoms with Crippen LogP contribution in [0.3, 0.4) is 0 Å². The second-order valence-corrected chi connectivity index (χ2v) is 16.0. The Labute approximate surface area is 392 Å². The lowest BCUT2D eigenvalue weighted by atomic mass is 10.1. The second kappa shape index (κ2) is 51.2. The van der Waals surface area contributed by atoms with Gasteiger partial charge >= 0.3 is 17.9 Å². The van der Waals surface area contributed by atoms with Gasteiger partial charge in [0.15, 0.2) is 6.10 Å². The number of allylic oxidation sites excluding steroid dienone is 22. The van der Waals surface area contributed by atoms with Gasteiger partial charge in [-0.15, -0.1) is 0 Å². The summed E-state index contributed by atoms with van der Waals surface area (Å²) in [6.07, 6.45) is 71.5. The van der Waals surface area contributed by atoms with Crippen LogP contribution in [0.25, 0.3) is 0 Å². The maximum atomic E-state index is 12.8. The van der Waals surface area contributed by atoms with Crippen LogP contribution in [0.1, 0.15) is 194 Å². The number of hydrogen-bond donors (Lipinski definition) is 0. The van der Waals surface area contributed by atoms with Gasteiger partial charge in [0, 0.05) is 19.3 Å². The largest absolute Gasteiger partial charge is 0.462 e. The molecule has 0 bridgehead atoms. The Morgan fingerprint density at radius 3 is 1.02 bits per heavy atom. The molecular formula is C58H90O6. The summed E-state index contributed by atoms with van der Waals surface area (Å²) in [4.78, 5) is 37.9. The topological polar surface area (TPSA) is 78.9 Å². The first-order chi connectivity index (χ1) is 31.5. The smallest absolute Gasteiger partial charge is 0.306 e. The van der Waals surface area contributed by atoms with Gasteiger partial charge < -0.3 is 14.2 Å². The molecule has 0 aliphatic rings. The molecule has 0 aromatic heterocycles. The van der Waals surface area contributed by atoms with Crippen molar-refractivity contribution in [2.24, 2.45) is 0 Å². The van der Waals surface area contributed by atoms with E-state index in [1.807, 2.05) is 0 Å². The van der Waals surface area contributed by atoms with Crippen LogP contribution in [0.15, 0.2) is 134 Å². The van der Waals surface area contributed by atoms with Gasteiger partial charge in [0.05, 0.1) is 0 Å². The fourth-order valence-corrected chi connectivity index (χ4v) is 6.14. The van der Waals surface area contributed by atoms with Crippen molar-refractivity contribution in [1.29, 1.82) is 0 Å². The third-order valence-corrected chi connectivity index (χ3v) is 9.90. The van der Waals surface area contributed by atoms with Crippen molar-refractivity contribution in [3.8, 4) is 0 Å². The Kier molecular flexibility index (Phi) is 47.6. The molecule has 0 amide bonds. The molecule has 6 nitrogen and oxygen atoms in total. The Bertz CT molecular complexity index is 1430. The minimum atomic E-state index is -0.823. The van der Waals surface area contributed by atoms with E-state index in [1.54, 1.807) is 0 Å². The van der Waals surface area contributed by atoms with E-state index in [9.17, 15) is 14.4 Å². The van der Waals surface area contributed by atoms with Crippen LogP contribution in [0.2, 0.25) is 0 Å². The number of carbonyl (C=O) groups excluding carboxylic acids is 3. The third-order valence-electron chi connectivity index (χ3n) is 9.90. The van der Waals surface area contributed by atoms with E-state index < -0.39 is 6.10 Å². The van der Waals surface area contributed by atoms with Crippen molar-refractivity contribution >= 4 is 17.9 Å². The number of esters is 3. The van der Waals surface area contributed by atoms with Crippen LogP contribution in [-0.4, -0.2) is 37.2 Å². The molecule has 1 unspecified atom stereocenters. The summed E-state index contributed by atoms with van der Waals surface area (Å²) in [5.74, 6) is -1.02. The summed E-state index contributed by atoms with van der Waals surface area (Å²) >= 11 is 0. The molecule has 64 heavy (non-hydrogen) atoms. The maximum absolute atomic E-state index is 12.8. The highest BCUT2D eigenvalue weighted by molar-refractivity contribution is 5.71. The van der Waals surface area contributed by atoms with E-state index in [4.69, 9.17) is 14.2 Å². The molecule has 0 aromatic rings. The minimum Gasteiger partial charge on any atom is -0.462 e. The van der Waals surface area contributed by atoms with Crippen LogP contribution in [0, 0.1) is 0 Å². The van der Waals surface area contributed by atoms with E-state index in [-0.39, 0.29) is 37.5 Å². The summed E-state index contributed by atoms with van der Waals surface area (Å²) in [5.41, 5.74) is 0. The molecule has 0 aromatic carbocycles. The van der Waals surface area contributed by atoms with Gasteiger partial charge in [-0.2, -0.15) is 0 Å². The fourth-order valence-electron chi connectivity index (χ4n) is 6.14. The minimum absolute atomic E-state index is 0.121. The summed E-state index contributed by atoms with van der Waals surface area (Å²) < 4.78 is 16.7. The van der Waals surface area contributed by atoms with Crippen LogP contribution in [0.5, 0.6) is 0 Å². The Hall–Kier alpha value is -4.45. The molecule has 0 aliphatic heterocycles. The molecule has 0 saturated carbocycles. The molecule has 0 saturated heterocycles. The molecule has 0 radical (unpaired) electrons. The SMILES string of the molecule is CC/C=C\C/C=C\C/C=C\C/C=C\C/C=C\CCCCCC(=O)OCC(COC(=O)CCCCC/C=C\C=C/CCCC)OC(=O)CCCCC/C=C\C/C=C\C/C=C\C/C=C\CC. The van der Waals surface area contributed by atoms with Gasteiger partial charge in [0.1, 0.15) is 13.2 Å². The number of carbonyl (C=O) groups is 3. The van der Waals surface area contributed by atoms with E-state index in [0.29, 0.717) is 19.3 Å². The number of hydrogen-bond acceptors (Lipinski definition) is 6. The fraction of sp³-hybridized carbons (Fsp3) is 0.569. The van der Waals surface area contributed by atoms with Crippen molar-refractivity contribution in [3.63, 3.8) is 0 Å². The molecule has 0 heterocycles. The van der Waals surface area contributed by atoms with E-state index >= 15 is 0 Å². The van der Waals surface area contributed by atoms with Gasteiger partial charge in [0.2, 0.25) is 0 Å². The first kappa shape index (κ1) is 59.5.